The van der Waals surface area contributed by atoms with Gasteiger partial charge in [-0.1, -0.05) is 24.6 Å². The number of ether oxygens (including phenoxy) is 4. The lowest BCUT2D eigenvalue weighted by molar-refractivity contribution is -0.169. The second kappa shape index (κ2) is 13.8. The molecule has 15 nitrogen and oxygen atoms in total. The number of esters is 3. The van der Waals surface area contributed by atoms with Gasteiger partial charge in [-0.25, -0.2) is 14.1 Å². The number of fused-ring (bicyclic) bond motifs is 1. The zero-order valence-electron chi connectivity index (χ0n) is 26.0. The second-order valence-corrected chi connectivity index (χ2v) is 13.3. The molecule has 1 aliphatic heterocycles. The molecule has 248 valence electrons. The summed E-state index contributed by atoms with van der Waals surface area (Å²) in [5.41, 5.74) is 5.35. The highest BCUT2D eigenvalue weighted by molar-refractivity contribution is 7.52. The molecule has 2 fully saturated rings. The van der Waals surface area contributed by atoms with Crippen LogP contribution in [-0.4, -0.2) is 69.6 Å². The van der Waals surface area contributed by atoms with Crippen LogP contribution in [0.5, 0.6) is 5.75 Å². The Bertz CT molecular complexity index is 1620. The first kappa shape index (κ1) is 33.3. The van der Waals surface area contributed by atoms with Crippen LogP contribution in [0, 0.1) is 5.92 Å². The SMILES string of the molecule is CC(=O)O[C@H]1[C@H](c2ccc3c(N)ncnn23)O[C@](C)(COP(=O)(N[C@@H](C)C(=O)OCC2CCC2)Oc2ccccc2)[C@H]1OC(C)=O. The number of anilines is 1. The fraction of sp³-hybridized carbons (Fsp3) is 0.500. The molecule has 2 aromatic heterocycles. The van der Waals surface area contributed by atoms with E-state index in [-0.39, 0.29) is 18.2 Å². The predicted octanol–water partition coefficient (Wildman–Crippen LogP) is 3.53. The van der Waals surface area contributed by atoms with E-state index in [1.807, 2.05) is 0 Å². The van der Waals surface area contributed by atoms with Gasteiger partial charge in [0, 0.05) is 13.8 Å². The van der Waals surface area contributed by atoms with Crippen LogP contribution in [-0.2, 0) is 42.4 Å². The Morgan fingerprint density at radius 2 is 1.85 bits per heavy atom. The van der Waals surface area contributed by atoms with Crippen LogP contribution < -0.4 is 15.3 Å². The van der Waals surface area contributed by atoms with Crippen molar-refractivity contribution < 1.29 is 46.9 Å². The van der Waals surface area contributed by atoms with E-state index in [0.29, 0.717) is 17.1 Å². The number of nitrogens with two attached hydrogens (primary N) is 1. The van der Waals surface area contributed by atoms with Crippen molar-refractivity contribution in [1.82, 2.24) is 19.7 Å². The zero-order valence-corrected chi connectivity index (χ0v) is 26.9. The summed E-state index contributed by atoms with van der Waals surface area (Å²) in [6.45, 7) is 5.22. The molecule has 1 saturated heterocycles. The van der Waals surface area contributed by atoms with Crippen molar-refractivity contribution in [1.29, 1.82) is 0 Å². The van der Waals surface area contributed by atoms with E-state index < -0.39 is 62.2 Å². The quantitative estimate of drug-likeness (QED) is 0.154. The highest BCUT2D eigenvalue weighted by Gasteiger charge is 2.58. The van der Waals surface area contributed by atoms with E-state index in [1.54, 1.807) is 49.4 Å². The third-order valence-electron chi connectivity index (χ3n) is 7.87. The van der Waals surface area contributed by atoms with E-state index in [2.05, 4.69) is 15.2 Å². The van der Waals surface area contributed by atoms with Gasteiger partial charge in [-0.3, -0.25) is 18.9 Å². The highest BCUT2D eigenvalue weighted by Crippen LogP contribution is 2.50. The summed E-state index contributed by atoms with van der Waals surface area (Å²) in [5.74, 6) is -1.24. The number of aromatic nitrogens is 3. The molecule has 0 bridgehead atoms. The van der Waals surface area contributed by atoms with Crippen LogP contribution in [0.25, 0.3) is 5.52 Å². The Morgan fingerprint density at radius 1 is 1.13 bits per heavy atom. The fourth-order valence-electron chi connectivity index (χ4n) is 5.35. The Hall–Kier alpha value is -4.04. The number of rotatable bonds is 13. The summed E-state index contributed by atoms with van der Waals surface area (Å²) in [5, 5.41) is 6.92. The van der Waals surface area contributed by atoms with E-state index in [4.69, 9.17) is 33.7 Å². The summed E-state index contributed by atoms with van der Waals surface area (Å²) in [7, 11) is -4.34. The summed E-state index contributed by atoms with van der Waals surface area (Å²) in [6, 6.07) is 10.5. The second-order valence-electron chi connectivity index (χ2n) is 11.6. The van der Waals surface area contributed by atoms with Crippen LogP contribution in [0.4, 0.5) is 5.82 Å². The number of nitrogens with zero attached hydrogens (tertiary/aromatic N) is 3. The largest absolute Gasteiger partial charge is 0.464 e. The minimum absolute atomic E-state index is 0.204. The maximum Gasteiger partial charge on any atom is 0.459 e. The summed E-state index contributed by atoms with van der Waals surface area (Å²) < 4.78 is 50.7. The Labute approximate surface area is 265 Å². The number of hydrogen-bond acceptors (Lipinski definition) is 13. The molecule has 46 heavy (non-hydrogen) atoms. The molecular formula is C30H38N5O10P. The lowest BCUT2D eigenvalue weighted by Crippen LogP contribution is -2.48. The molecule has 3 N–H and O–H groups in total. The lowest BCUT2D eigenvalue weighted by Gasteiger charge is -2.32. The minimum Gasteiger partial charge on any atom is -0.464 e. The van der Waals surface area contributed by atoms with E-state index >= 15 is 0 Å². The van der Waals surface area contributed by atoms with Gasteiger partial charge in [0.25, 0.3) is 0 Å². The van der Waals surface area contributed by atoms with E-state index in [9.17, 15) is 18.9 Å². The lowest BCUT2D eigenvalue weighted by atomic mass is 9.86. The normalized spacial score (nSPS) is 24.8. The molecule has 1 aromatic carbocycles. The van der Waals surface area contributed by atoms with Gasteiger partial charge < -0.3 is 29.2 Å². The van der Waals surface area contributed by atoms with Gasteiger partial charge in [0.1, 0.15) is 35.3 Å². The predicted molar refractivity (Wildman–Crippen MR) is 162 cm³/mol. The molecule has 0 spiro atoms. The third kappa shape index (κ3) is 7.49. The standard InChI is InChI=1S/C30H38N5O10P/c1-18(29(38)40-15-21-9-8-10-21)34-46(39,45-22-11-6-5-7-12-22)41-16-30(4)27(43-20(3)37)26(42-19(2)36)25(44-30)23-13-14-24-28(31)32-17-33-35(23)24/h5-7,11-14,17-18,21,25-27H,8-10,15-16H2,1-4H3,(H,34,39)(H2,31,32,33)/t18-,25-,26-,27-,30+,46?/m0/s1. The van der Waals surface area contributed by atoms with Gasteiger partial charge in [-0.05, 0) is 56.9 Å². The van der Waals surface area contributed by atoms with Crippen molar-refractivity contribution >= 4 is 37.0 Å². The van der Waals surface area contributed by atoms with Crippen LogP contribution >= 0.6 is 7.75 Å². The van der Waals surface area contributed by atoms with Crippen molar-refractivity contribution in [3.8, 4) is 5.75 Å². The number of para-hydroxylation sites is 1. The molecule has 3 aromatic rings. The molecule has 1 aliphatic carbocycles. The zero-order chi connectivity index (χ0) is 33.1. The van der Waals surface area contributed by atoms with Gasteiger partial charge in [0.05, 0.1) is 18.9 Å². The molecule has 6 atom stereocenters. The molecular weight excluding hydrogens is 621 g/mol. The van der Waals surface area contributed by atoms with Gasteiger partial charge in [-0.15, -0.1) is 0 Å². The average molecular weight is 660 g/mol. The Morgan fingerprint density at radius 3 is 2.50 bits per heavy atom. The van der Waals surface area contributed by atoms with E-state index in [1.165, 1.54) is 31.6 Å². The van der Waals surface area contributed by atoms with Gasteiger partial charge >= 0.3 is 25.7 Å². The van der Waals surface area contributed by atoms with Crippen molar-refractivity contribution in [2.45, 2.75) is 76.9 Å². The molecule has 2 aliphatic rings. The van der Waals surface area contributed by atoms with Crippen molar-refractivity contribution in [2.24, 2.45) is 5.92 Å². The van der Waals surface area contributed by atoms with Crippen molar-refractivity contribution in [3.63, 3.8) is 0 Å². The number of nitrogens with one attached hydrogen (secondary N) is 1. The minimum atomic E-state index is -4.34. The number of nitrogen functional groups attached to an aromatic ring is 1. The summed E-state index contributed by atoms with van der Waals surface area (Å²) >= 11 is 0. The molecule has 5 rings (SSSR count). The Kier molecular flexibility index (Phi) is 9.96. The van der Waals surface area contributed by atoms with Crippen LogP contribution in [0.15, 0.2) is 48.8 Å². The molecule has 1 unspecified atom stereocenters. The third-order valence-corrected chi connectivity index (χ3v) is 9.50. The fourth-order valence-corrected chi connectivity index (χ4v) is 6.93. The van der Waals surface area contributed by atoms with Crippen molar-refractivity contribution in [2.75, 3.05) is 18.9 Å². The van der Waals surface area contributed by atoms with Crippen LogP contribution in [0.1, 0.15) is 58.8 Å². The first-order valence-corrected chi connectivity index (χ1v) is 16.5. The Balaban J connectivity index is 1.43. The smallest absolute Gasteiger partial charge is 0.459 e. The number of hydrogen-bond donors (Lipinski definition) is 2. The van der Waals surface area contributed by atoms with E-state index in [0.717, 1.165) is 19.3 Å². The highest BCUT2D eigenvalue weighted by atomic mass is 31.2. The van der Waals surface area contributed by atoms with Crippen molar-refractivity contribution in [3.05, 3.63) is 54.5 Å². The van der Waals surface area contributed by atoms with Crippen LogP contribution in [0.2, 0.25) is 0 Å². The first-order chi connectivity index (χ1) is 21.9. The number of benzene rings is 1. The maximum absolute atomic E-state index is 14.3. The molecule has 1 saturated carbocycles. The first-order valence-electron chi connectivity index (χ1n) is 14.9. The molecule has 0 amide bonds. The number of carbonyl (C=O) groups is 3. The summed E-state index contributed by atoms with van der Waals surface area (Å²) in [4.78, 5) is 41.4. The van der Waals surface area contributed by atoms with Gasteiger partial charge in [-0.2, -0.15) is 10.2 Å². The number of carbonyl (C=O) groups excluding carboxylic acids is 3. The molecule has 16 heteroatoms. The van der Waals surface area contributed by atoms with Gasteiger partial charge in [0.2, 0.25) is 0 Å². The maximum atomic E-state index is 14.3. The molecule has 0 radical (unpaired) electrons. The summed E-state index contributed by atoms with van der Waals surface area (Å²) in [6.07, 6.45) is 0.886. The topological polar surface area (TPSA) is 192 Å². The monoisotopic (exact) mass is 659 g/mol. The van der Waals surface area contributed by atoms with Gasteiger partial charge in [0.15, 0.2) is 18.0 Å². The molecule has 3 heterocycles. The van der Waals surface area contributed by atoms with Crippen LogP contribution in [0.3, 0.4) is 0 Å². The average Bonchev–Trinajstić information content (AvgIpc) is 3.51.